The molecule has 1 aliphatic heterocycles. The first kappa shape index (κ1) is 27.5. The number of nitrogens with zero attached hydrogens (tertiary/aromatic N) is 4. The molecule has 7 nitrogen and oxygen atoms in total. The molecule has 1 aromatic heterocycles. The van der Waals surface area contributed by atoms with E-state index in [2.05, 4.69) is 43.1 Å². The van der Waals surface area contributed by atoms with E-state index in [1.54, 1.807) is 0 Å². The molecule has 0 saturated carbocycles. The van der Waals surface area contributed by atoms with Crippen molar-refractivity contribution in [3.8, 4) is 11.8 Å². The van der Waals surface area contributed by atoms with Gasteiger partial charge in [-0.15, -0.1) is 0 Å². The number of ether oxygens (including phenoxy) is 1. The molecule has 9 heteroatoms. The summed E-state index contributed by atoms with van der Waals surface area (Å²) < 4.78 is 20.5. The van der Waals surface area contributed by atoms with E-state index >= 15 is 0 Å². The molecule has 1 fully saturated rings. The summed E-state index contributed by atoms with van der Waals surface area (Å²) in [5.41, 5.74) is 1.31. The Hall–Kier alpha value is -3.58. The van der Waals surface area contributed by atoms with Crippen molar-refractivity contribution in [3.63, 3.8) is 0 Å². The normalized spacial score (nSPS) is 15.5. The fourth-order valence-electron chi connectivity index (χ4n) is 4.15. The van der Waals surface area contributed by atoms with Crippen molar-refractivity contribution in [2.75, 3.05) is 46.4 Å². The third kappa shape index (κ3) is 7.48. The van der Waals surface area contributed by atoms with Crippen molar-refractivity contribution in [1.82, 2.24) is 20.1 Å². The second kappa shape index (κ2) is 13.3. The van der Waals surface area contributed by atoms with E-state index in [4.69, 9.17) is 4.74 Å². The van der Waals surface area contributed by atoms with Crippen molar-refractivity contribution < 1.29 is 13.9 Å². The summed E-state index contributed by atoms with van der Waals surface area (Å²) in [4.78, 5) is 21.9. The van der Waals surface area contributed by atoms with Gasteiger partial charge in [0.05, 0.1) is 6.04 Å². The van der Waals surface area contributed by atoms with Crippen molar-refractivity contribution in [3.05, 3.63) is 99.5 Å². The van der Waals surface area contributed by atoms with E-state index in [-0.39, 0.29) is 11.3 Å². The van der Waals surface area contributed by atoms with Gasteiger partial charge in [-0.3, -0.25) is 9.69 Å². The van der Waals surface area contributed by atoms with E-state index in [9.17, 15) is 14.4 Å². The summed E-state index contributed by atoms with van der Waals surface area (Å²) >= 11 is 3.19. The van der Waals surface area contributed by atoms with Gasteiger partial charge in [0.1, 0.15) is 40.1 Å². The fourth-order valence-corrected chi connectivity index (χ4v) is 4.48. The summed E-state index contributed by atoms with van der Waals surface area (Å²) in [7, 11) is 2.14. The zero-order chi connectivity index (χ0) is 26.9. The second-order valence-corrected chi connectivity index (χ2v) is 9.86. The molecule has 1 N–H and O–H groups in total. The third-order valence-electron chi connectivity index (χ3n) is 6.38. The highest BCUT2D eigenvalue weighted by Gasteiger charge is 2.20. The molecule has 38 heavy (non-hydrogen) atoms. The third-order valence-corrected chi connectivity index (χ3v) is 6.82. The van der Waals surface area contributed by atoms with E-state index < -0.39 is 17.8 Å². The number of rotatable bonds is 9. The molecule has 1 aliphatic rings. The number of carbonyl (C=O) groups excluding carboxylic acids is 1. The summed E-state index contributed by atoms with van der Waals surface area (Å²) in [6.45, 7) is 5.69. The number of nitriles is 1. The van der Waals surface area contributed by atoms with Crippen molar-refractivity contribution in [2.45, 2.75) is 6.04 Å². The highest BCUT2D eigenvalue weighted by Crippen LogP contribution is 2.25. The lowest BCUT2D eigenvalue weighted by Gasteiger charge is -2.32. The highest BCUT2D eigenvalue weighted by molar-refractivity contribution is 9.10. The molecule has 3 aromatic rings. The largest absolute Gasteiger partial charge is 0.492 e. The van der Waals surface area contributed by atoms with Gasteiger partial charge in [0.15, 0.2) is 0 Å². The summed E-state index contributed by atoms with van der Waals surface area (Å²) in [6, 6.07) is 21.0. The van der Waals surface area contributed by atoms with E-state index in [1.807, 2.05) is 60.7 Å². The number of pyridine rings is 1. The van der Waals surface area contributed by atoms with Crippen molar-refractivity contribution in [1.29, 1.82) is 5.26 Å². The molecular weight excluding hydrogens is 549 g/mol. The number of piperazine rings is 1. The lowest BCUT2D eigenvalue weighted by atomic mass is 9.98. The highest BCUT2D eigenvalue weighted by atomic mass is 79.9. The minimum atomic E-state index is -0.630. The molecule has 196 valence electrons. The molecule has 0 radical (unpaired) electrons. The zero-order valence-electron chi connectivity index (χ0n) is 21.1. The van der Waals surface area contributed by atoms with Crippen LogP contribution in [0.5, 0.6) is 5.75 Å². The molecule has 1 unspecified atom stereocenters. The summed E-state index contributed by atoms with van der Waals surface area (Å²) in [5.74, 6) is -0.513. The first-order valence-electron chi connectivity index (χ1n) is 12.4. The molecule has 1 saturated heterocycles. The van der Waals surface area contributed by atoms with Crippen LogP contribution in [0, 0.1) is 17.1 Å². The molecular formula is C29H29BrFN5O2. The Morgan fingerprint density at radius 3 is 2.47 bits per heavy atom. The van der Waals surface area contributed by atoms with Gasteiger partial charge in [0.25, 0.3) is 5.91 Å². The Balaban J connectivity index is 1.47. The first-order valence-corrected chi connectivity index (χ1v) is 13.2. The molecule has 2 heterocycles. The number of benzene rings is 2. The Bertz CT molecular complexity index is 1300. The van der Waals surface area contributed by atoms with Gasteiger partial charge in [0.2, 0.25) is 0 Å². The number of amides is 1. The number of halogens is 2. The van der Waals surface area contributed by atoms with Crippen LogP contribution in [0.2, 0.25) is 0 Å². The molecule has 2 aromatic carbocycles. The van der Waals surface area contributed by atoms with Crippen LogP contribution >= 0.6 is 15.9 Å². The predicted molar refractivity (Wildman–Crippen MR) is 148 cm³/mol. The van der Waals surface area contributed by atoms with Crippen molar-refractivity contribution >= 4 is 27.9 Å². The molecule has 0 bridgehead atoms. The average molecular weight is 578 g/mol. The fraction of sp³-hybridized carbons (Fsp3) is 0.276. The van der Waals surface area contributed by atoms with Gasteiger partial charge in [0, 0.05) is 32.7 Å². The van der Waals surface area contributed by atoms with Crippen molar-refractivity contribution in [2.24, 2.45) is 0 Å². The van der Waals surface area contributed by atoms with Gasteiger partial charge >= 0.3 is 0 Å². The molecule has 4 rings (SSSR count). The second-order valence-electron chi connectivity index (χ2n) is 9.05. The van der Waals surface area contributed by atoms with Crippen LogP contribution in [0.1, 0.15) is 22.9 Å². The van der Waals surface area contributed by atoms with Gasteiger partial charge < -0.3 is 15.0 Å². The number of aromatic nitrogens is 1. The average Bonchev–Trinajstić information content (AvgIpc) is 2.94. The van der Waals surface area contributed by atoms with Crippen LogP contribution in [0.3, 0.4) is 0 Å². The molecule has 1 atom stereocenters. The number of likely N-dealkylation sites (N-methyl/N-ethyl adjacent to an activating group) is 1. The SMILES string of the molecule is CN1CCN(CCOc2ccc(C(NC(=O)C(C#N)=Cc3nc(Br)ccc3F)c3ccccc3)cc2)CC1. The van der Waals surface area contributed by atoms with E-state index in [0.717, 1.165) is 55.7 Å². The van der Waals surface area contributed by atoms with Gasteiger partial charge in [-0.25, -0.2) is 9.37 Å². The zero-order valence-corrected chi connectivity index (χ0v) is 22.7. The summed E-state index contributed by atoms with van der Waals surface area (Å²) in [5, 5.41) is 12.6. The maximum atomic E-state index is 14.2. The van der Waals surface area contributed by atoms with Gasteiger partial charge in [-0.2, -0.15) is 5.26 Å². The molecule has 0 aliphatic carbocycles. The van der Waals surface area contributed by atoms with Crippen LogP contribution in [0.15, 0.2) is 76.9 Å². The minimum absolute atomic E-state index is 0.0968. The van der Waals surface area contributed by atoms with E-state index in [1.165, 1.54) is 12.1 Å². The van der Waals surface area contributed by atoms with Crippen LogP contribution in [-0.2, 0) is 4.79 Å². The van der Waals surface area contributed by atoms with Gasteiger partial charge in [-0.05, 0) is 64.4 Å². The van der Waals surface area contributed by atoms with Crippen LogP contribution in [0.4, 0.5) is 4.39 Å². The first-order chi connectivity index (χ1) is 18.4. The quantitative estimate of drug-likeness (QED) is 0.230. The Morgan fingerprint density at radius 2 is 1.79 bits per heavy atom. The van der Waals surface area contributed by atoms with Crippen LogP contribution in [-0.4, -0.2) is 67.1 Å². The molecule has 0 spiro atoms. The lowest BCUT2D eigenvalue weighted by molar-refractivity contribution is -0.117. The van der Waals surface area contributed by atoms with Crippen LogP contribution in [0.25, 0.3) is 6.08 Å². The maximum absolute atomic E-state index is 14.2. The van der Waals surface area contributed by atoms with Gasteiger partial charge in [-0.1, -0.05) is 42.5 Å². The summed E-state index contributed by atoms with van der Waals surface area (Å²) in [6.07, 6.45) is 1.15. The van der Waals surface area contributed by atoms with E-state index in [0.29, 0.717) is 11.2 Å². The Kier molecular flexibility index (Phi) is 9.60. The maximum Gasteiger partial charge on any atom is 0.262 e. The number of carbonyl (C=O) groups is 1. The lowest BCUT2D eigenvalue weighted by Crippen LogP contribution is -2.45. The Morgan fingerprint density at radius 1 is 1.11 bits per heavy atom. The minimum Gasteiger partial charge on any atom is -0.492 e. The number of hydrogen-bond acceptors (Lipinski definition) is 6. The standard InChI is InChI=1S/C29H29BrFN5O2/c1-35-13-15-36(16-14-35)17-18-38-24-9-7-22(8-10-24)28(21-5-3-2-4-6-21)34-29(37)23(20-32)19-26-25(31)11-12-27(30)33-26/h2-12,19,28H,13-18H2,1H3,(H,34,37). The smallest absolute Gasteiger partial charge is 0.262 e. The van der Waals surface area contributed by atoms with Crippen LogP contribution < -0.4 is 10.1 Å². The molecule has 1 amide bonds. The topological polar surface area (TPSA) is 81.5 Å². The Labute approximate surface area is 230 Å². The number of nitrogens with one attached hydrogen (secondary N) is 1. The predicted octanol–water partition coefficient (Wildman–Crippen LogP) is 4.42. The number of hydrogen-bond donors (Lipinski definition) is 1. The monoisotopic (exact) mass is 577 g/mol.